The molecule has 0 unspecified atom stereocenters. The number of thiazole rings is 1. The highest BCUT2D eigenvalue weighted by molar-refractivity contribution is 7.10. The Morgan fingerprint density at radius 1 is 1.23 bits per heavy atom. The molecule has 0 spiro atoms. The number of benzene rings is 1. The maximum atomic E-state index is 12.7. The molecule has 0 saturated carbocycles. The van der Waals surface area contributed by atoms with E-state index in [0.717, 1.165) is 29.1 Å². The van der Waals surface area contributed by atoms with Gasteiger partial charge in [0.2, 0.25) is 0 Å². The van der Waals surface area contributed by atoms with Crippen LogP contribution in [0.3, 0.4) is 0 Å². The lowest BCUT2D eigenvalue weighted by atomic mass is 10.2. The number of nitrogens with one attached hydrogen (secondary N) is 1. The number of nitrogens with zero attached hydrogens (tertiary/aromatic N) is 3. The lowest BCUT2D eigenvalue weighted by Gasteiger charge is -2.23. The van der Waals surface area contributed by atoms with E-state index in [9.17, 15) is 4.79 Å². The van der Waals surface area contributed by atoms with Gasteiger partial charge in [-0.3, -0.25) is 0 Å². The predicted octanol–water partition coefficient (Wildman–Crippen LogP) is 5.23. The molecule has 5 nitrogen and oxygen atoms in total. The molecule has 1 atom stereocenters. The van der Waals surface area contributed by atoms with E-state index in [1.807, 2.05) is 35.2 Å². The fourth-order valence-electron chi connectivity index (χ4n) is 3.11. The van der Waals surface area contributed by atoms with Gasteiger partial charge in [0.05, 0.1) is 17.4 Å². The molecule has 1 aromatic carbocycles. The smallest absolute Gasteiger partial charge is 0.315 e. The molecule has 0 aliphatic carbocycles. The van der Waals surface area contributed by atoms with Crippen molar-refractivity contribution >= 4 is 34.7 Å². The van der Waals surface area contributed by atoms with E-state index in [2.05, 4.69) is 15.7 Å². The Kier molecular flexibility index (Phi) is 4.86. The van der Waals surface area contributed by atoms with Gasteiger partial charge in [-0.1, -0.05) is 41.9 Å². The number of rotatable bonds is 3. The zero-order valence-corrected chi connectivity index (χ0v) is 15.5. The second-order valence-corrected chi connectivity index (χ2v) is 7.31. The van der Waals surface area contributed by atoms with Crippen molar-refractivity contribution in [3.8, 4) is 11.3 Å². The second kappa shape index (κ2) is 7.43. The van der Waals surface area contributed by atoms with Gasteiger partial charge in [0.15, 0.2) is 5.15 Å². The van der Waals surface area contributed by atoms with Crippen molar-refractivity contribution in [2.75, 3.05) is 11.9 Å². The zero-order valence-electron chi connectivity index (χ0n) is 13.9. The molecule has 4 rings (SSSR count). The van der Waals surface area contributed by atoms with E-state index in [0.29, 0.717) is 12.2 Å². The van der Waals surface area contributed by atoms with Crippen LogP contribution < -0.4 is 5.32 Å². The van der Waals surface area contributed by atoms with Crippen molar-refractivity contribution in [3.05, 3.63) is 64.2 Å². The molecular weight excluding hydrogens is 368 g/mol. The van der Waals surface area contributed by atoms with Crippen LogP contribution in [0, 0.1) is 0 Å². The monoisotopic (exact) mass is 384 g/mol. The summed E-state index contributed by atoms with van der Waals surface area (Å²) in [6.45, 7) is 0.703. The molecule has 2 aromatic heterocycles. The maximum Gasteiger partial charge on any atom is 0.322 e. The standard InChI is InChI=1S/C19H17ClN4OS/c20-17-14(8-4-10-21-17)23-19(25)24-11-5-9-16(24)18-22-15(12-26-18)13-6-2-1-3-7-13/h1-4,6-8,10,12,16H,5,9,11H2,(H,23,25)/t16-/m0/s1. The first-order chi connectivity index (χ1) is 12.7. The van der Waals surface area contributed by atoms with Crippen LogP contribution in [0.1, 0.15) is 23.9 Å². The van der Waals surface area contributed by atoms with Gasteiger partial charge in [0, 0.05) is 23.7 Å². The third-order valence-electron chi connectivity index (χ3n) is 4.39. The minimum atomic E-state index is -0.168. The number of pyridine rings is 1. The summed E-state index contributed by atoms with van der Waals surface area (Å²) in [5.74, 6) is 0. The Hall–Kier alpha value is -2.44. The Balaban J connectivity index is 1.53. The van der Waals surface area contributed by atoms with Crippen molar-refractivity contribution in [1.82, 2.24) is 14.9 Å². The van der Waals surface area contributed by atoms with Gasteiger partial charge in [0.25, 0.3) is 0 Å². The number of amides is 2. The Morgan fingerprint density at radius 2 is 2.08 bits per heavy atom. The van der Waals surface area contributed by atoms with Gasteiger partial charge in [-0.25, -0.2) is 14.8 Å². The van der Waals surface area contributed by atoms with E-state index >= 15 is 0 Å². The third kappa shape index (κ3) is 3.43. The lowest BCUT2D eigenvalue weighted by Crippen LogP contribution is -2.34. The number of urea groups is 1. The first-order valence-corrected chi connectivity index (χ1v) is 9.67. The molecule has 0 radical (unpaired) electrons. The van der Waals surface area contributed by atoms with Gasteiger partial charge in [-0.15, -0.1) is 11.3 Å². The first kappa shape index (κ1) is 17.0. The molecular formula is C19H17ClN4OS. The van der Waals surface area contributed by atoms with Crippen LogP contribution in [0.25, 0.3) is 11.3 Å². The van der Waals surface area contributed by atoms with Crippen molar-refractivity contribution < 1.29 is 4.79 Å². The van der Waals surface area contributed by atoms with Crippen molar-refractivity contribution in [2.45, 2.75) is 18.9 Å². The number of halogens is 1. The summed E-state index contributed by atoms with van der Waals surface area (Å²) in [5.41, 5.74) is 2.56. The molecule has 3 heterocycles. The van der Waals surface area contributed by atoms with Crippen molar-refractivity contribution in [3.63, 3.8) is 0 Å². The molecule has 7 heteroatoms. The summed E-state index contributed by atoms with van der Waals surface area (Å²) in [7, 11) is 0. The van der Waals surface area contributed by atoms with Crippen LogP contribution in [0.4, 0.5) is 10.5 Å². The summed E-state index contributed by atoms with van der Waals surface area (Å²) < 4.78 is 0. The van der Waals surface area contributed by atoms with Gasteiger partial charge >= 0.3 is 6.03 Å². The molecule has 2 amide bonds. The summed E-state index contributed by atoms with van der Waals surface area (Å²) >= 11 is 7.65. The van der Waals surface area contributed by atoms with Crippen LogP contribution in [-0.4, -0.2) is 27.4 Å². The first-order valence-electron chi connectivity index (χ1n) is 8.41. The van der Waals surface area contributed by atoms with Crippen LogP contribution in [0.2, 0.25) is 5.15 Å². The molecule has 3 aromatic rings. The van der Waals surface area contributed by atoms with Gasteiger partial charge in [-0.05, 0) is 25.0 Å². The minimum absolute atomic E-state index is 0.00657. The molecule has 132 valence electrons. The van der Waals surface area contributed by atoms with Gasteiger partial charge in [-0.2, -0.15) is 0 Å². The average molecular weight is 385 g/mol. The van der Waals surface area contributed by atoms with E-state index in [4.69, 9.17) is 16.6 Å². The fraction of sp³-hybridized carbons (Fsp3) is 0.211. The Labute approximate surface area is 160 Å². The van der Waals surface area contributed by atoms with Crippen LogP contribution >= 0.6 is 22.9 Å². The number of likely N-dealkylation sites (tertiary alicyclic amines) is 1. The maximum absolute atomic E-state index is 12.7. The van der Waals surface area contributed by atoms with E-state index < -0.39 is 0 Å². The summed E-state index contributed by atoms with van der Waals surface area (Å²) in [6.07, 6.45) is 3.46. The van der Waals surface area contributed by atoms with Gasteiger partial charge < -0.3 is 10.2 Å². The Bertz CT molecular complexity index is 915. The number of carbonyl (C=O) groups is 1. The quantitative estimate of drug-likeness (QED) is 0.629. The number of anilines is 1. The highest BCUT2D eigenvalue weighted by Crippen LogP contribution is 2.36. The van der Waals surface area contributed by atoms with Crippen LogP contribution in [0.5, 0.6) is 0 Å². The lowest BCUT2D eigenvalue weighted by molar-refractivity contribution is 0.207. The summed E-state index contributed by atoms with van der Waals surface area (Å²) in [5, 5.41) is 6.17. The fourth-order valence-corrected chi connectivity index (χ4v) is 4.26. The van der Waals surface area contributed by atoms with E-state index in [1.54, 1.807) is 29.7 Å². The molecule has 1 aliphatic rings. The van der Waals surface area contributed by atoms with Crippen molar-refractivity contribution in [2.24, 2.45) is 0 Å². The predicted molar refractivity (Wildman–Crippen MR) is 104 cm³/mol. The average Bonchev–Trinajstić information content (AvgIpc) is 3.33. The van der Waals surface area contributed by atoms with E-state index in [1.165, 1.54) is 0 Å². The molecule has 1 saturated heterocycles. The normalized spacial score (nSPS) is 16.7. The van der Waals surface area contributed by atoms with Gasteiger partial charge in [0.1, 0.15) is 5.01 Å². The van der Waals surface area contributed by atoms with Crippen LogP contribution in [0.15, 0.2) is 54.0 Å². The number of aromatic nitrogens is 2. The molecule has 1 N–H and O–H groups in total. The topological polar surface area (TPSA) is 58.1 Å². The zero-order chi connectivity index (χ0) is 17.9. The molecule has 1 aliphatic heterocycles. The third-order valence-corrected chi connectivity index (χ3v) is 5.64. The largest absolute Gasteiger partial charge is 0.322 e. The summed E-state index contributed by atoms with van der Waals surface area (Å²) in [4.78, 5) is 23.3. The second-order valence-electron chi connectivity index (χ2n) is 6.06. The summed E-state index contributed by atoms with van der Waals surface area (Å²) in [6, 6.07) is 13.4. The number of hydrogen-bond donors (Lipinski definition) is 1. The highest BCUT2D eigenvalue weighted by atomic mass is 35.5. The van der Waals surface area contributed by atoms with Crippen LogP contribution in [-0.2, 0) is 0 Å². The molecule has 26 heavy (non-hydrogen) atoms. The van der Waals surface area contributed by atoms with E-state index in [-0.39, 0.29) is 17.2 Å². The minimum Gasteiger partial charge on any atom is -0.315 e. The van der Waals surface area contributed by atoms with Crippen molar-refractivity contribution in [1.29, 1.82) is 0 Å². The number of carbonyl (C=O) groups excluding carboxylic acids is 1. The highest BCUT2D eigenvalue weighted by Gasteiger charge is 2.32. The molecule has 1 fully saturated rings. The Morgan fingerprint density at radius 3 is 2.88 bits per heavy atom. The SMILES string of the molecule is O=C(Nc1cccnc1Cl)N1CCC[C@H]1c1nc(-c2ccccc2)cs1. The molecule has 0 bridgehead atoms. The number of hydrogen-bond acceptors (Lipinski definition) is 4.